The van der Waals surface area contributed by atoms with E-state index in [-0.39, 0.29) is 10.9 Å². The van der Waals surface area contributed by atoms with Gasteiger partial charge in [0.15, 0.2) is 11.5 Å². The van der Waals surface area contributed by atoms with Crippen LogP contribution in [0.3, 0.4) is 0 Å². The summed E-state index contributed by atoms with van der Waals surface area (Å²) in [6.07, 6.45) is 1.61. The van der Waals surface area contributed by atoms with E-state index in [0.717, 1.165) is 0 Å². The average Bonchev–Trinajstić information content (AvgIpc) is 2.96. The van der Waals surface area contributed by atoms with Crippen LogP contribution in [-0.2, 0) is 10.0 Å². The Morgan fingerprint density at radius 1 is 1.30 bits per heavy atom. The summed E-state index contributed by atoms with van der Waals surface area (Å²) >= 11 is 6.07. The van der Waals surface area contributed by atoms with E-state index in [2.05, 4.69) is 30.0 Å². The van der Waals surface area contributed by atoms with Gasteiger partial charge in [-0.15, -0.1) is 0 Å². The highest BCUT2D eigenvalue weighted by molar-refractivity contribution is 7.92. The number of nitrogens with one attached hydrogen (secondary N) is 4. The minimum atomic E-state index is -3.33. The Bertz CT molecular complexity index is 956. The second-order valence-corrected chi connectivity index (χ2v) is 7.07. The Balaban J connectivity index is 1.87. The Morgan fingerprint density at radius 3 is 2.87 bits per heavy atom. The number of aromatic nitrogens is 4. The van der Waals surface area contributed by atoms with Crippen LogP contribution >= 0.6 is 11.6 Å². The number of rotatable bonds is 5. The highest BCUT2D eigenvalue weighted by Gasteiger charge is 2.14. The molecule has 0 unspecified atom stereocenters. The molecule has 0 spiro atoms. The fraction of sp³-hybridized carbons (Fsp3) is 0.154. The van der Waals surface area contributed by atoms with E-state index in [9.17, 15) is 8.42 Å². The molecule has 0 radical (unpaired) electrons. The Kier molecular flexibility index (Phi) is 4.05. The average molecular weight is 354 g/mol. The summed E-state index contributed by atoms with van der Waals surface area (Å²) in [5.74, 6) is 0.303. The van der Waals surface area contributed by atoms with Crippen LogP contribution in [-0.4, -0.2) is 29.1 Å². The van der Waals surface area contributed by atoms with Crippen LogP contribution in [0.15, 0.2) is 30.6 Å². The SMILES string of the molecule is CCS(=O)(=O)Nc1cccc(Nc2nc(Cl)c3[nH]c[nH+]c3n2)c1. The second-order valence-electron chi connectivity index (χ2n) is 4.71. The molecule has 8 nitrogen and oxygen atoms in total. The van der Waals surface area contributed by atoms with E-state index in [1.165, 1.54) is 0 Å². The summed E-state index contributed by atoms with van der Waals surface area (Å²) in [5, 5.41) is 3.27. The molecule has 0 aliphatic carbocycles. The lowest BCUT2D eigenvalue weighted by molar-refractivity contribution is -0.347. The van der Waals surface area contributed by atoms with Crippen LogP contribution < -0.4 is 15.0 Å². The Morgan fingerprint density at radius 2 is 2.09 bits per heavy atom. The van der Waals surface area contributed by atoms with Crippen molar-refractivity contribution in [1.82, 2.24) is 15.0 Å². The molecule has 0 saturated carbocycles. The van der Waals surface area contributed by atoms with Crippen molar-refractivity contribution < 1.29 is 13.4 Å². The fourth-order valence-corrected chi connectivity index (χ4v) is 2.79. The van der Waals surface area contributed by atoms with E-state index >= 15 is 0 Å². The van der Waals surface area contributed by atoms with Gasteiger partial charge in [-0.05, 0) is 25.1 Å². The van der Waals surface area contributed by atoms with Crippen molar-refractivity contribution in [1.29, 1.82) is 0 Å². The maximum Gasteiger partial charge on any atom is 0.306 e. The number of hydrogen-bond acceptors (Lipinski definition) is 5. The number of anilines is 3. The van der Waals surface area contributed by atoms with Crippen LogP contribution in [0.1, 0.15) is 6.92 Å². The van der Waals surface area contributed by atoms with Gasteiger partial charge < -0.3 is 5.32 Å². The number of fused-ring (bicyclic) bond motifs is 1. The maximum atomic E-state index is 11.6. The number of benzene rings is 1. The zero-order valence-corrected chi connectivity index (χ0v) is 13.7. The van der Waals surface area contributed by atoms with Crippen molar-refractivity contribution in [2.75, 3.05) is 15.8 Å². The Labute approximate surface area is 137 Å². The number of sulfonamides is 1. The first-order valence-electron chi connectivity index (χ1n) is 6.77. The molecule has 0 aliphatic heterocycles. The monoisotopic (exact) mass is 353 g/mol. The van der Waals surface area contributed by atoms with Gasteiger partial charge in [-0.3, -0.25) is 9.71 Å². The van der Waals surface area contributed by atoms with E-state index in [4.69, 9.17) is 11.6 Å². The van der Waals surface area contributed by atoms with Gasteiger partial charge in [-0.25, -0.2) is 13.4 Å². The lowest BCUT2D eigenvalue weighted by atomic mass is 10.3. The zero-order chi connectivity index (χ0) is 16.4. The Hall–Kier alpha value is -2.39. The quantitative estimate of drug-likeness (QED) is 0.606. The molecule has 0 bridgehead atoms. The number of imidazole rings is 1. The number of nitrogens with zero attached hydrogens (tertiary/aromatic N) is 2. The second kappa shape index (κ2) is 6.01. The third kappa shape index (κ3) is 3.51. The minimum absolute atomic E-state index is 0.00334. The van der Waals surface area contributed by atoms with Crippen molar-refractivity contribution in [3.8, 4) is 0 Å². The number of hydrogen-bond donors (Lipinski definition) is 3. The molecule has 0 fully saturated rings. The molecule has 4 N–H and O–H groups in total. The molecule has 0 amide bonds. The van der Waals surface area contributed by atoms with E-state index in [1.54, 1.807) is 37.5 Å². The predicted molar refractivity (Wildman–Crippen MR) is 88.3 cm³/mol. The molecule has 0 atom stereocenters. The lowest BCUT2D eigenvalue weighted by Crippen LogP contribution is -2.14. The van der Waals surface area contributed by atoms with Gasteiger partial charge in [0.05, 0.1) is 11.4 Å². The first kappa shape index (κ1) is 15.5. The summed E-state index contributed by atoms with van der Waals surface area (Å²) in [7, 11) is -3.33. The zero-order valence-electron chi connectivity index (χ0n) is 12.1. The number of aromatic amines is 2. The third-order valence-corrected chi connectivity index (χ3v) is 4.64. The van der Waals surface area contributed by atoms with Crippen LogP contribution in [0.4, 0.5) is 17.3 Å². The van der Waals surface area contributed by atoms with Gasteiger partial charge in [0.2, 0.25) is 15.5 Å². The summed E-state index contributed by atoms with van der Waals surface area (Å²) < 4.78 is 25.7. The van der Waals surface area contributed by atoms with E-state index < -0.39 is 10.0 Å². The molecule has 1 aromatic carbocycles. The van der Waals surface area contributed by atoms with Gasteiger partial charge >= 0.3 is 11.6 Å². The van der Waals surface area contributed by atoms with Gasteiger partial charge in [0.25, 0.3) is 0 Å². The summed E-state index contributed by atoms with van der Waals surface area (Å²) in [6.45, 7) is 1.57. The molecule has 2 heterocycles. The van der Waals surface area contributed by atoms with Crippen molar-refractivity contribution >= 4 is 50.1 Å². The summed E-state index contributed by atoms with van der Waals surface area (Å²) in [5.41, 5.74) is 2.27. The van der Waals surface area contributed by atoms with Crippen LogP contribution in [0.25, 0.3) is 11.2 Å². The highest BCUT2D eigenvalue weighted by atomic mass is 35.5. The molecule has 3 rings (SSSR count). The van der Waals surface area contributed by atoms with Crippen LogP contribution in [0.2, 0.25) is 5.15 Å². The van der Waals surface area contributed by atoms with Gasteiger partial charge in [-0.2, -0.15) is 4.98 Å². The minimum Gasteiger partial charge on any atom is -0.310 e. The summed E-state index contributed by atoms with van der Waals surface area (Å²) in [4.78, 5) is 14.2. The van der Waals surface area contributed by atoms with Gasteiger partial charge in [-0.1, -0.05) is 22.7 Å². The maximum absolute atomic E-state index is 11.6. The van der Waals surface area contributed by atoms with Crippen molar-refractivity contribution in [3.05, 3.63) is 35.7 Å². The molecule has 120 valence electrons. The van der Waals surface area contributed by atoms with Gasteiger partial charge in [0, 0.05) is 5.69 Å². The van der Waals surface area contributed by atoms with Crippen molar-refractivity contribution in [2.24, 2.45) is 0 Å². The first-order valence-corrected chi connectivity index (χ1v) is 8.80. The normalized spacial score (nSPS) is 11.6. The molecule has 0 saturated heterocycles. The van der Waals surface area contributed by atoms with Crippen molar-refractivity contribution in [3.63, 3.8) is 0 Å². The molecule has 23 heavy (non-hydrogen) atoms. The first-order chi connectivity index (χ1) is 11.0. The topological polar surface area (TPSA) is 114 Å². The van der Waals surface area contributed by atoms with Crippen LogP contribution in [0, 0.1) is 0 Å². The van der Waals surface area contributed by atoms with E-state index in [1.807, 2.05) is 0 Å². The largest absolute Gasteiger partial charge is 0.310 e. The standard InChI is InChI=1S/C13H13ClN6O2S/c1-2-23(21,22)20-9-5-3-4-8(6-9)17-13-18-11(14)10-12(19-13)16-7-15-10/h3-7,20H,2H2,1H3,(H2,15,16,17,18,19)/p+1. The smallest absolute Gasteiger partial charge is 0.306 e. The number of H-pyrrole nitrogens is 2. The van der Waals surface area contributed by atoms with Crippen LogP contribution in [0.5, 0.6) is 0 Å². The van der Waals surface area contributed by atoms with Crippen molar-refractivity contribution in [2.45, 2.75) is 6.92 Å². The third-order valence-electron chi connectivity index (χ3n) is 3.06. The molecular formula is C13H14ClN6O2S+. The molecule has 10 heteroatoms. The predicted octanol–water partition coefficient (Wildman–Crippen LogP) is 1.93. The van der Waals surface area contributed by atoms with Gasteiger partial charge in [0.1, 0.15) is 0 Å². The summed E-state index contributed by atoms with van der Waals surface area (Å²) in [6, 6.07) is 6.80. The molecule has 0 aliphatic rings. The lowest BCUT2D eigenvalue weighted by Gasteiger charge is -2.08. The highest BCUT2D eigenvalue weighted by Crippen LogP contribution is 2.22. The number of halogens is 1. The fourth-order valence-electron chi connectivity index (χ4n) is 1.94. The molecule has 2 aromatic heterocycles. The molecule has 3 aromatic rings. The molecular weight excluding hydrogens is 340 g/mol. The van der Waals surface area contributed by atoms with E-state index in [0.29, 0.717) is 28.5 Å².